The summed E-state index contributed by atoms with van der Waals surface area (Å²) in [6.07, 6.45) is 1.60. The number of alkyl halides is 1. The van der Waals surface area contributed by atoms with Crippen molar-refractivity contribution in [2.45, 2.75) is 12.3 Å². The van der Waals surface area contributed by atoms with Gasteiger partial charge in [0.05, 0.1) is 18.2 Å². The van der Waals surface area contributed by atoms with E-state index >= 15 is 0 Å². The van der Waals surface area contributed by atoms with Crippen LogP contribution in [0.1, 0.15) is 23.4 Å². The zero-order chi connectivity index (χ0) is 13.1. The number of furan rings is 1. The summed E-state index contributed by atoms with van der Waals surface area (Å²) in [5.41, 5.74) is 1.80. The Labute approximate surface area is 128 Å². The first-order valence-electron chi connectivity index (χ1n) is 5.42. The van der Waals surface area contributed by atoms with E-state index in [2.05, 4.69) is 31.9 Å². The number of halogens is 3. The normalized spacial score (nSPS) is 12.4. The second kappa shape index (κ2) is 6.13. The largest absolute Gasteiger partial charge is 0.494 e. The van der Waals surface area contributed by atoms with Gasteiger partial charge in [-0.25, -0.2) is 0 Å². The summed E-state index contributed by atoms with van der Waals surface area (Å²) in [5, 5.41) is -0.322. The van der Waals surface area contributed by atoms with Crippen LogP contribution < -0.4 is 4.74 Å². The number of hydrogen-bond acceptors (Lipinski definition) is 2. The molecule has 96 valence electrons. The maximum atomic E-state index is 6.50. The van der Waals surface area contributed by atoms with Crippen LogP contribution >= 0.6 is 43.5 Å². The molecule has 2 rings (SSSR count). The first-order chi connectivity index (χ1) is 8.63. The van der Waals surface area contributed by atoms with Gasteiger partial charge in [0.25, 0.3) is 0 Å². The van der Waals surface area contributed by atoms with Gasteiger partial charge in [-0.2, -0.15) is 0 Å². The van der Waals surface area contributed by atoms with E-state index < -0.39 is 0 Å². The van der Waals surface area contributed by atoms with Crippen molar-refractivity contribution < 1.29 is 9.15 Å². The van der Waals surface area contributed by atoms with Gasteiger partial charge in [0.15, 0.2) is 4.67 Å². The number of rotatable bonds is 4. The van der Waals surface area contributed by atoms with Crippen LogP contribution in [0, 0.1) is 0 Å². The first kappa shape index (κ1) is 14.0. The zero-order valence-electron chi connectivity index (χ0n) is 9.62. The minimum absolute atomic E-state index is 0.322. The molecule has 2 aromatic rings. The van der Waals surface area contributed by atoms with E-state index in [0.29, 0.717) is 11.3 Å². The Balaban J connectivity index is 2.43. The van der Waals surface area contributed by atoms with E-state index in [0.717, 1.165) is 21.3 Å². The van der Waals surface area contributed by atoms with Crippen LogP contribution in [-0.2, 0) is 0 Å². The van der Waals surface area contributed by atoms with Gasteiger partial charge in [-0.3, -0.25) is 0 Å². The molecule has 0 aliphatic heterocycles. The highest BCUT2D eigenvalue weighted by Crippen LogP contribution is 2.39. The minimum Gasteiger partial charge on any atom is -0.494 e. The maximum absolute atomic E-state index is 6.50. The van der Waals surface area contributed by atoms with Gasteiger partial charge >= 0.3 is 0 Å². The predicted molar refractivity (Wildman–Crippen MR) is 79.4 cm³/mol. The average Bonchev–Trinajstić information content (AvgIpc) is 2.77. The molecule has 0 saturated carbocycles. The van der Waals surface area contributed by atoms with Gasteiger partial charge in [0, 0.05) is 15.6 Å². The summed E-state index contributed by atoms with van der Waals surface area (Å²) in [6, 6.07) is 7.65. The summed E-state index contributed by atoms with van der Waals surface area (Å²) in [6.45, 7) is 2.55. The van der Waals surface area contributed by atoms with E-state index in [1.807, 2.05) is 31.2 Å². The molecule has 0 spiro atoms. The van der Waals surface area contributed by atoms with Gasteiger partial charge in [-0.1, -0.05) is 15.9 Å². The van der Waals surface area contributed by atoms with E-state index in [9.17, 15) is 0 Å². The highest BCUT2D eigenvalue weighted by molar-refractivity contribution is 9.10. The molecule has 0 amide bonds. The van der Waals surface area contributed by atoms with Crippen molar-refractivity contribution in [3.8, 4) is 5.75 Å². The molecule has 1 aromatic heterocycles. The lowest BCUT2D eigenvalue weighted by Gasteiger charge is -2.14. The Morgan fingerprint density at radius 3 is 2.67 bits per heavy atom. The van der Waals surface area contributed by atoms with E-state index in [1.165, 1.54) is 0 Å². The van der Waals surface area contributed by atoms with Crippen molar-refractivity contribution in [3.63, 3.8) is 0 Å². The monoisotopic (exact) mass is 392 g/mol. The molecule has 1 heterocycles. The smallest absolute Gasteiger partial charge is 0.173 e. The van der Waals surface area contributed by atoms with E-state index in [-0.39, 0.29) is 5.38 Å². The Bertz CT molecular complexity index is 540. The van der Waals surface area contributed by atoms with Crippen LogP contribution in [0.3, 0.4) is 0 Å². The van der Waals surface area contributed by atoms with Crippen LogP contribution in [0.2, 0.25) is 0 Å². The van der Waals surface area contributed by atoms with Gasteiger partial charge in [-0.05, 0) is 47.1 Å². The molecule has 5 heteroatoms. The molecule has 0 bridgehead atoms. The molecule has 1 aromatic carbocycles. The lowest BCUT2D eigenvalue weighted by Crippen LogP contribution is -2.00. The van der Waals surface area contributed by atoms with Crippen molar-refractivity contribution in [2.24, 2.45) is 0 Å². The molecule has 0 fully saturated rings. The third-order valence-corrected chi connectivity index (χ3v) is 4.07. The Hall–Kier alpha value is -0.450. The van der Waals surface area contributed by atoms with Crippen molar-refractivity contribution in [3.05, 3.63) is 50.8 Å². The molecule has 1 atom stereocenters. The first-order valence-corrected chi connectivity index (χ1v) is 7.45. The topological polar surface area (TPSA) is 22.4 Å². The molecule has 0 saturated heterocycles. The molecular weight excluding hydrogens is 383 g/mol. The van der Waals surface area contributed by atoms with E-state index in [4.69, 9.17) is 20.8 Å². The minimum atomic E-state index is -0.322. The molecular formula is C13H11Br2ClO2. The molecule has 18 heavy (non-hydrogen) atoms. The fourth-order valence-electron chi connectivity index (χ4n) is 1.66. The third kappa shape index (κ3) is 2.92. The van der Waals surface area contributed by atoms with Crippen LogP contribution in [0.4, 0.5) is 0 Å². The van der Waals surface area contributed by atoms with Crippen LogP contribution in [0.5, 0.6) is 5.75 Å². The quantitative estimate of drug-likeness (QED) is 0.636. The SMILES string of the molecule is CCOc1ccc(Br)cc1C(Cl)c1ccoc1Br. The number of hydrogen-bond donors (Lipinski definition) is 0. The Morgan fingerprint density at radius 1 is 1.28 bits per heavy atom. The number of ether oxygens (including phenoxy) is 1. The summed E-state index contributed by atoms with van der Waals surface area (Å²) < 4.78 is 12.4. The van der Waals surface area contributed by atoms with Crippen molar-refractivity contribution in [2.75, 3.05) is 6.61 Å². The molecule has 0 radical (unpaired) electrons. The molecule has 1 unspecified atom stereocenters. The number of benzene rings is 1. The van der Waals surface area contributed by atoms with Crippen molar-refractivity contribution in [1.29, 1.82) is 0 Å². The lowest BCUT2D eigenvalue weighted by molar-refractivity contribution is 0.336. The lowest BCUT2D eigenvalue weighted by atomic mass is 10.1. The Kier molecular flexibility index (Phi) is 4.76. The van der Waals surface area contributed by atoms with Gasteiger partial charge in [0.2, 0.25) is 0 Å². The van der Waals surface area contributed by atoms with Crippen LogP contribution in [0.25, 0.3) is 0 Å². The van der Waals surface area contributed by atoms with Crippen LogP contribution in [-0.4, -0.2) is 6.61 Å². The average molecular weight is 394 g/mol. The van der Waals surface area contributed by atoms with Gasteiger partial charge in [0.1, 0.15) is 5.75 Å². The van der Waals surface area contributed by atoms with Crippen molar-refractivity contribution >= 4 is 43.5 Å². The molecule has 2 nitrogen and oxygen atoms in total. The summed E-state index contributed by atoms with van der Waals surface area (Å²) >= 11 is 13.3. The highest BCUT2D eigenvalue weighted by atomic mass is 79.9. The summed E-state index contributed by atoms with van der Waals surface area (Å²) in [5.74, 6) is 0.786. The Morgan fingerprint density at radius 2 is 2.06 bits per heavy atom. The molecule has 0 aliphatic rings. The highest BCUT2D eigenvalue weighted by Gasteiger charge is 2.20. The van der Waals surface area contributed by atoms with Crippen LogP contribution in [0.15, 0.2) is 44.1 Å². The van der Waals surface area contributed by atoms with Crippen molar-refractivity contribution in [1.82, 2.24) is 0 Å². The van der Waals surface area contributed by atoms with Gasteiger partial charge < -0.3 is 9.15 Å². The van der Waals surface area contributed by atoms with E-state index in [1.54, 1.807) is 6.26 Å². The summed E-state index contributed by atoms with van der Waals surface area (Å²) in [7, 11) is 0. The second-order valence-electron chi connectivity index (χ2n) is 3.63. The third-order valence-electron chi connectivity index (χ3n) is 2.46. The fourth-order valence-corrected chi connectivity index (χ4v) is 2.98. The maximum Gasteiger partial charge on any atom is 0.173 e. The summed E-state index contributed by atoms with van der Waals surface area (Å²) in [4.78, 5) is 0. The second-order valence-corrected chi connectivity index (χ2v) is 5.70. The fraction of sp³-hybridized carbons (Fsp3) is 0.231. The van der Waals surface area contributed by atoms with Gasteiger partial charge in [-0.15, -0.1) is 11.6 Å². The molecule has 0 aliphatic carbocycles. The zero-order valence-corrected chi connectivity index (χ0v) is 13.5. The molecule has 0 N–H and O–H groups in total. The standard InChI is InChI=1S/C13H11Br2ClO2/c1-2-17-11-4-3-8(14)7-10(11)12(16)9-5-6-18-13(9)15/h3-7,12H,2H2,1H3. The predicted octanol–water partition coefficient (Wildman–Crippen LogP) is 5.53.